The van der Waals surface area contributed by atoms with Gasteiger partial charge in [0.1, 0.15) is 5.75 Å². The molecule has 6 heteroatoms. The average molecular weight is 338 g/mol. The summed E-state index contributed by atoms with van der Waals surface area (Å²) in [5, 5.41) is 0. The average Bonchev–Trinajstić information content (AvgIpc) is 2.60. The summed E-state index contributed by atoms with van der Waals surface area (Å²) in [6.45, 7) is 3.15. The van der Waals surface area contributed by atoms with E-state index in [2.05, 4.69) is 0 Å². The van der Waals surface area contributed by atoms with Crippen molar-refractivity contribution in [3.63, 3.8) is 0 Å². The van der Waals surface area contributed by atoms with Crippen LogP contribution in [0, 0.1) is 23.3 Å². The third-order valence-electron chi connectivity index (χ3n) is 3.31. The van der Waals surface area contributed by atoms with Gasteiger partial charge in [-0.3, -0.25) is 4.79 Å². The predicted octanol–water partition coefficient (Wildman–Crippen LogP) is 5.66. The lowest BCUT2D eigenvalue weighted by atomic mass is 10.1. The molecular formula is C18H14F4O2. The molecule has 0 unspecified atom stereocenters. The van der Waals surface area contributed by atoms with Gasteiger partial charge in [-0.15, -0.1) is 0 Å². The summed E-state index contributed by atoms with van der Waals surface area (Å²) < 4.78 is 60.6. The molecule has 0 radical (unpaired) electrons. The van der Waals surface area contributed by atoms with E-state index < -0.39 is 34.6 Å². The Morgan fingerprint density at radius 3 is 2.00 bits per heavy atom. The minimum absolute atomic E-state index is 0.0574. The fraction of sp³-hybridized carbons (Fsp3) is 0.167. The summed E-state index contributed by atoms with van der Waals surface area (Å²) in [6.07, 6.45) is 2.47. The number of carbonyl (C=O) groups excluding carboxylic acids is 1. The highest BCUT2D eigenvalue weighted by Gasteiger charge is 2.25. The van der Waals surface area contributed by atoms with E-state index in [9.17, 15) is 22.4 Å². The first kappa shape index (κ1) is 17.7. The van der Waals surface area contributed by atoms with Gasteiger partial charge in [0, 0.05) is 12.0 Å². The maximum Gasteiger partial charge on any atom is 0.205 e. The zero-order valence-corrected chi connectivity index (χ0v) is 13.0. The maximum atomic E-state index is 14.0. The number of allylic oxidation sites excluding steroid dienone is 1. The lowest BCUT2D eigenvalue weighted by Crippen LogP contribution is -2.03. The van der Waals surface area contributed by atoms with Crippen molar-refractivity contribution in [2.75, 3.05) is 0 Å². The molecule has 0 heterocycles. The van der Waals surface area contributed by atoms with Crippen LogP contribution in [-0.4, -0.2) is 5.78 Å². The van der Waals surface area contributed by atoms with E-state index in [4.69, 9.17) is 4.74 Å². The number of benzene rings is 2. The molecule has 126 valence electrons. The Morgan fingerprint density at radius 2 is 1.54 bits per heavy atom. The zero-order chi connectivity index (χ0) is 17.9. The lowest BCUT2D eigenvalue weighted by Gasteiger charge is -2.11. The molecule has 0 fully saturated rings. The fourth-order valence-electron chi connectivity index (χ4n) is 2.06. The highest BCUT2D eigenvalue weighted by molar-refractivity contribution is 5.95. The summed E-state index contributed by atoms with van der Waals surface area (Å²) in [6, 6.07) is 5.38. The van der Waals surface area contributed by atoms with Crippen molar-refractivity contribution in [1.82, 2.24) is 0 Å². The van der Waals surface area contributed by atoms with E-state index in [0.717, 1.165) is 6.08 Å². The van der Waals surface area contributed by atoms with E-state index in [0.29, 0.717) is 12.0 Å². The quantitative estimate of drug-likeness (QED) is 0.399. The largest absolute Gasteiger partial charge is 0.451 e. The normalized spacial score (nSPS) is 11.1. The van der Waals surface area contributed by atoms with Crippen LogP contribution in [0.5, 0.6) is 11.5 Å². The first-order valence-corrected chi connectivity index (χ1v) is 7.20. The van der Waals surface area contributed by atoms with Crippen LogP contribution < -0.4 is 4.74 Å². The SMILES string of the molecule is C/C=C/c1c(F)c(F)c(Oc2ccc(C(=O)CC)cc2)c(F)c1F. The van der Waals surface area contributed by atoms with Crippen LogP contribution in [0.2, 0.25) is 0 Å². The van der Waals surface area contributed by atoms with Crippen LogP contribution in [0.25, 0.3) is 6.08 Å². The fourth-order valence-corrected chi connectivity index (χ4v) is 2.06. The van der Waals surface area contributed by atoms with Crippen LogP contribution >= 0.6 is 0 Å². The lowest BCUT2D eigenvalue weighted by molar-refractivity contribution is 0.0988. The number of halogens is 4. The predicted molar refractivity (Wildman–Crippen MR) is 82.1 cm³/mol. The highest BCUT2D eigenvalue weighted by Crippen LogP contribution is 2.34. The molecule has 2 nitrogen and oxygen atoms in total. The second kappa shape index (κ2) is 7.29. The molecule has 2 aromatic rings. The molecule has 0 bridgehead atoms. The van der Waals surface area contributed by atoms with Crippen molar-refractivity contribution in [2.45, 2.75) is 20.3 Å². The van der Waals surface area contributed by atoms with Crippen LogP contribution in [0.4, 0.5) is 17.6 Å². The van der Waals surface area contributed by atoms with Crippen molar-refractivity contribution in [3.8, 4) is 11.5 Å². The van der Waals surface area contributed by atoms with Crippen molar-refractivity contribution < 1.29 is 27.1 Å². The van der Waals surface area contributed by atoms with E-state index >= 15 is 0 Å². The topological polar surface area (TPSA) is 26.3 Å². The van der Waals surface area contributed by atoms with Gasteiger partial charge in [0.2, 0.25) is 17.4 Å². The van der Waals surface area contributed by atoms with Gasteiger partial charge in [-0.1, -0.05) is 19.1 Å². The molecule has 2 aromatic carbocycles. The van der Waals surface area contributed by atoms with Gasteiger partial charge in [0.25, 0.3) is 0 Å². The Labute approximate surface area is 136 Å². The molecule has 0 aliphatic heterocycles. The van der Waals surface area contributed by atoms with E-state index in [1.54, 1.807) is 6.92 Å². The van der Waals surface area contributed by atoms with E-state index in [1.165, 1.54) is 37.3 Å². The van der Waals surface area contributed by atoms with Gasteiger partial charge >= 0.3 is 0 Å². The summed E-state index contributed by atoms with van der Waals surface area (Å²) in [7, 11) is 0. The molecule has 0 spiro atoms. The summed E-state index contributed by atoms with van der Waals surface area (Å²) in [5.41, 5.74) is -0.421. The Bertz CT molecular complexity index is 767. The van der Waals surface area contributed by atoms with Crippen LogP contribution in [-0.2, 0) is 0 Å². The van der Waals surface area contributed by atoms with E-state index in [-0.39, 0.29) is 11.5 Å². The molecular weight excluding hydrogens is 324 g/mol. The molecule has 0 N–H and O–H groups in total. The number of Topliss-reactive ketones (excluding diaryl/α,β-unsaturated/α-hetero) is 1. The standard InChI is InChI=1S/C18H14F4O2/c1-3-5-12-14(19)16(21)18(17(22)15(12)20)24-11-8-6-10(7-9-11)13(23)4-2/h3,5-9H,4H2,1-2H3/b5-3+. The van der Waals surface area contributed by atoms with Crippen molar-refractivity contribution in [1.29, 1.82) is 0 Å². The Kier molecular flexibility index (Phi) is 5.39. The number of ether oxygens (including phenoxy) is 1. The first-order chi connectivity index (χ1) is 11.4. The Hall–Kier alpha value is -2.63. The van der Waals surface area contributed by atoms with E-state index in [1.807, 2.05) is 0 Å². The number of hydrogen-bond acceptors (Lipinski definition) is 2. The Morgan fingerprint density at radius 1 is 1.00 bits per heavy atom. The molecule has 0 aliphatic rings. The maximum absolute atomic E-state index is 14.0. The van der Waals surface area contributed by atoms with Crippen molar-refractivity contribution in [3.05, 3.63) is 64.7 Å². The second-order valence-electron chi connectivity index (χ2n) is 4.90. The minimum atomic E-state index is -1.63. The smallest absolute Gasteiger partial charge is 0.205 e. The molecule has 0 atom stereocenters. The number of ketones is 1. The Balaban J connectivity index is 2.42. The highest BCUT2D eigenvalue weighted by atomic mass is 19.2. The molecule has 0 aliphatic carbocycles. The zero-order valence-electron chi connectivity index (χ0n) is 13.0. The van der Waals surface area contributed by atoms with Gasteiger partial charge in [-0.05, 0) is 31.2 Å². The van der Waals surface area contributed by atoms with Gasteiger partial charge in [0.15, 0.2) is 17.4 Å². The number of hydrogen-bond donors (Lipinski definition) is 0. The summed E-state index contributed by atoms with van der Waals surface area (Å²) in [5.74, 6) is -7.69. The molecule has 2 rings (SSSR count). The molecule has 24 heavy (non-hydrogen) atoms. The number of rotatable bonds is 5. The second-order valence-corrected chi connectivity index (χ2v) is 4.90. The van der Waals surface area contributed by atoms with Crippen molar-refractivity contribution in [2.24, 2.45) is 0 Å². The summed E-state index contributed by atoms with van der Waals surface area (Å²) in [4.78, 5) is 11.5. The van der Waals surface area contributed by atoms with Crippen molar-refractivity contribution >= 4 is 11.9 Å². The number of carbonyl (C=O) groups is 1. The van der Waals surface area contributed by atoms with Gasteiger partial charge in [-0.2, -0.15) is 8.78 Å². The molecule has 0 aromatic heterocycles. The molecule has 0 amide bonds. The van der Waals surface area contributed by atoms with Gasteiger partial charge in [0.05, 0.1) is 5.56 Å². The third kappa shape index (κ3) is 3.32. The third-order valence-corrected chi connectivity index (χ3v) is 3.31. The first-order valence-electron chi connectivity index (χ1n) is 7.20. The summed E-state index contributed by atoms with van der Waals surface area (Å²) >= 11 is 0. The van der Waals surface area contributed by atoms with Crippen LogP contribution in [0.15, 0.2) is 30.3 Å². The van der Waals surface area contributed by atoms with Crippen LogP contribution in [0.1, 0.15) is 36.2 Å². The minimum Gasteiger partial charge on any atom is -0.451 e. The monoisotopic (exact) mass is 338 g/mol. The molecule has 0 saturated carbocycles. The van der Waals surface area contributed by atoms with Gasteiger partial charge in [-0.25, -0.2) is 8.78 Å². The molecule has 0 saturated heterocycles. The van der Waals surface area contributed by atoms with Gasteiger partial charge < -0.3 is 4.74 Å². The van der Waals surface area contributed by atoms with Crippen LogP contribution in [0.3, 0.4) is 0 Å².